The van der Waals surface area contributed by atoms with Crippen LogP contribution in [0.25, 0.3) is 0 Å². The number of thiol groups is 1. The van der Waals surface area contributed by atoms with E-state index in [0.29, 0.717) is 25.2 Å². The number of halogens is 1. The Morgan fingerprint density at radius 3 is 2.03 bits per heavy atom. The second kappa shape index (κ2) is 15.2. The summed E-state index contributed by atoms with van der Waals surface area (Å²) >= 11 is 6.25. The molecule has 0 aliphatic heterocycles. The third-order valence-electron chi connectivity index (χ3n) is 4.99. The lowest BCUT2D eigenvalue weighted by Crippen LogP contribution is -2.57. The standard InChI is InChI=1S/C23H35IN4O4S/c1-4-5-20(29)26-17(11-6-14(2)3)22(31)27-18(12-15-7-9-16(24)10-8-15)23(32)28-19(13-33)21(25)30/h7-10,14,17-19,33H,4-6,11-13H2,1-3H3,(H2,25,30)(H,26,29)(H,27,31)(H,28,32)/t17-,18-,19-/m0/s1. The molecule has 1 aromatic carbocycles. The molecule has 0 saturated heterocycles. The van der Waals surface area contributed by atoms with Gasteiger partial charge in [0, 0.05) is 22.2 Å². The molecule has 0 unspecified atom stereocenters. The van der Waals surface area contributed by atoms with E-state index in [1.807, 2.05) is 45.0 Å². The maximum absolute atomic E-state index is 13.1. The molecule has 5 N–H and O–H groups in total. The second-order valence-electron chi connectivity index (χ2n) is 8.38. The zero-order chi connectivity index (χ0) is 25.0. The first-order valence-electron chi connectivity index (χ1n) is 11.1. The lowest BCUT2D eigenvalue weighted by molar-refractivity contribution is -0.133. The molecule has 3 atom stereocenters. The van der Waals surface area contributed by atoms with Crippen molar-refractivity contribution in [3.05, 3.63) is 33.4 Å². The fraction of sp³-hybridized carbons (Fsp3) is 0.565. The van der Waals surface area contributed by atoms with E-state index in [1.54, 1.807) is 0 Å². The van der Waals surface area contributed by atoms with Crippen LogP contribution in [0.3, 0.4) is 0 Å². The van der Waals surface area contributed by atoms with Crippen molar-refractivity contribution in [3.63, 3.8) is 0 Å². The summed E-state index contributed by atoms with van der Waals surface area (Å²) in [7, 11) is 0. The number of rotatable bonds is 14. The van der Waals surface area contributed by atoms with Crippen LogP contribution in [-0.4, -0.2) is 47.5 Å². The van der Waals surface area contributed by atoms with Gasteiger partial charge < -0.3 is 21.7 Å². The molecule has 8 nitrogen and oxygen atoms in total. The van der Waals surface area contributed by atoms with E-state index in [1.165, 1.54) is 0 Å². The fourth-order valence-corrected chi connectivity index (χ4v) is 3.71. The van der Waals surface area contributed by atoms with Crippen molar-refractivity contribution in [3.8, 4) is 0 Å². The molecular weight excluding hydrogens is 555 g/mol. The summed E-state index contributed by atoms with van der Waals surface area (Å²) in [6, 6.07) is 4.89. The van der Waals surface area contributed by atoms with Gasteiger partial charge in [0.15, 0.2) is 0 Å². The molecule has 0 saturated carbocycles. The molecule has 0 aliphatic rings. The van der Waals surface area contributed by atoms with E-state index >= 15 is 0 Å². The average molecular weight is 591 g/mol. The van der Waals surface area contributed by atoms with Crippen molar-refractivity contribution >= 4 is 58.8 Å². The zero-order valence-corrected chi connectivity index (χ0v) is 22.4. The van der Waals surface area contributed by atoms with Crippen LogP contribution in [0.5, 0.6) is 0 Å². The molecule has 0 bridgehead atoms. The van der Waals surface area contributed by atoms with Gasteiger partial charge >= 0.3 is 0 Å². The smallest absolute Gasteiger partial charge is 0.243 e. The lowest BCUT2D eigenvalue weighted by Gasteiger charge is -2.25. The molecule has 0 radical (unpaired) electrons. The van der Waals surface area contributed by atoms with E-state index in [0.717, 1.165) is 15.6 Å². The summed E-state index contributed by atoms with van der Waals surface area (Å²) in [5.41, 5.74) is 6.17. The number of nitrogens with one attached hydrogen (secondary N) is 3. The second-order valence-corrected chi connectivity index (χ2v) is 9.99. The van der Waals surface area contributed by atoms with Crippen molar-refractivity contribution < 1.29 is 19.2 Å². The average Bonchev–Trinajstić information content (AvgIpc) is 2.75. The predicted molar refractivity (Wildman–Crippen MR) is 141 cm³/mol. The summed E-state index contributed by atoms with van der Waals surface area (Å²) in [6.45, 7) is 5.97. The largest absolute Gasteiger partial charge is 0.368 e. The molecule has 1 aromatic rings. The Kier molecular flexibility index (Phi) is 13.4. The summed E-state index contributed by atoms with van der Waals surface area (Å²) in [6.07, 6.45) is 2.40. The van der Waals surface area contributed by atoms with Gasteiger partial charge in [-0.05, 0) is 65.5 Å². The van der Waals surface area contributed by atoms with Gasteiger partial charge in [-0.3, -0.25) is 19.2 Å². The van der Waals surface area contributed by atoms with Crippen molar-refractivity contribution in [2.45, 2.75) is 71.0 Å². The highest BCUT2D eigenvalue weighted by molar-refractivity contribution is 14.1. The van der Waals surface area contributed by atoms with Crippen LogP contribution in [0.1, 0.15) is 52.0 Å². The first-order valence-corrected chi connectivity index (χ1v) is 12.8. The highest BCUT2D eigenvalue weighted by Crippen LogP contribution is 2.11. The van der Waals surface area contributed by atoms with Crippen LogP contribution in [0, 0.1) is 9.49 Å². The molecule has 33 heavy (non-hydrogen) atoms. The fourth-order valence-electron chi connectivity index (χ4n) is 3.08. The third kappa shape index (κ3) is 11.2. The van der Waals surface area contributed by atoms with E-state index in [2.05, 4.69) is 51.2 Å². The first kappa shape index (κ1) is 29.2. The van der Waals surface area contributed by atoms with Gasteiger partial charge in [-0.1, -0.05) is 32.9 Å². The molecule has 10 heteroatoms. The monoisotopic (exact) mass is 590 g/mol. The van der Waals surface area contributed by atoms with Gasteiger partial charge in [-0.15, -0.1) is 0 Å². The number of amides is 4. The Bertz CT molecular complexity index is 804. The number of benzene rings is 1. The van der Waals surface area contributed by atoms with E-state index < -0.39 is 35.8 Å². The maximum atomic E-state index is 13.1. The SMILES string of the molecule is CCCC(=O)N[C@@H](CCC(C)C)C(=O)N[C@@H](Cc1ccc(I)cc1)C(=O)N[C@@H](CS)C(N)=O. The third-order valence-corrected chi connectivity index (χ3v) is 6.07. The molecule has 0 fully saturated rings. The topological polar surface area (TPSA) is 130 Å². The number of hydrogen-bond acceptors (Lipinski definition) is 5. The van der Waals surface area contributed by atoms with Crippen LogP contribution >= 0.6 is 35.2 Å². The van der Waals surface area contributed by atoms with Crippen molar-refractivity contribution in [2.24, 2.45) is 11.7 Å². The van der Waals surface area contributed by atoms with Crippen molar-refractivity contribution in [1.29, 1.82) is 0 Å². The number of carbonyl (C=O) groups excluding carboxylic acids is 4. The minimum Gasteiger partial charge on any atom is -0.368 e. The van der Waals surface area contributed by atoms with Gasteiger partial charge in [0.25, 0.3) is 0 Å². The molecule has 0 aromatic heterocycles. The van der Waals surface area contributed by atoms with Gasteiger partial charge in [0.1, 0.15) is 18.1 Å². The maximum Gasteiger partial charge on any atom is 0.243 e. The summed E-state index contributed by atoms with van der Waals surface area (Å²) in [4.78, 5) is 49.9. The molecule has 184 valence electrons. The summed E-state index contributed by atoms with van der Waals surface area (Å²) in [5, 5.41) is 8.12. The van der Waals surface area contributed by atoms with E-state index in [4.69, 9.17) is 5.73 Å². The molecule has 0 aliphatic carbocycles. The minimum atomic E-state index is -0.960. The highest BCUT2D eigenvalue weighted by atomic mass is 127. The summed E-state index contributed by atoms with van der Waals surface area (Å²) < 4.78 is 1.04. The van der Waals surface area contributed by atoms with Gasteiger partial charge in [-0.2, -0.15) is 12.6 Å². The molecule has 1 rings (SSSR count). The Hall–Kier alpha value is -1.82. The molecular formula is C23H35IN4O4S. The van der Waals surface area contributed by atoms with Gasteiger partial charge in [0.2, 0.25) is 23.6 Å². The van der Waals surface area contributed by atoms with Crippen LogP contribution in [-0.2, 0) is 25.6 Å². The highest BCUT2D eigenvalue weighted by Gasteiger charge is 2.29. The van der Waals surface area contributed by atoms with Crippen molar-refractivity contribution in [1.82, 2.24) is 16.0 Å². The van der Waals surface area contributed by atoms with Crippen molar-refractivity contribution in [2.75, 3.05) is 5.75 Å². The number of primary amides is 1. The molecule has 4 amide bonds. The Morgan fingerprint density at radius 2 is 1.52 bits per heavy atom. The molecule has 0 heterocycles. The summed E-state index contributed by atoms with van der Waals surface area (Å²) in [5.74, 6) is -1.51. The first-order chi connectivity index (χ1) is 15.6. The van der Waals surface area contributed by atoms with E-state index in [9.17, 15) is 19.2 Å². The van der Waals surface area contributed by atoms with E-state index in [-0.39, 0.29) is 18.1 Å². The van der Waals surface area contributed by atoms with Crippen LogP contribution in [0.15, 0.2) is 24.3 Å². The zero-order valence-electron chi connectivity index (χ0n) is 19.4. The number of hydrogen-bond donors (Lipinski definition) is 5. The van der Waals surface area contributed by atoms with Crippen LogP contribution < -0.4 is 21.7 Å². The molecule has 0 spiro atoms. The quantitative estimate of drug-likeness (QED) is 0.168. The van der Waals surface area contributed by atoms with Crippen LogP contribution in [0.2, 0.25) is 0 Å². The Labute approximate surface area is 215 Å². The number of nitrogens with two attached hydrogens (primary N) is 1. The van der Waals surface area contributed by atoms with Gasteiger partial charge in [0.05, 0.1) is 0 Å². The Balaban J connectivity index is 3.07. The predicted octanol–water partition coefficient (Wildman–Crippen LogP) is 1.94. The minimum absolute atomic E-state index is 0.0371. The van der Waals surface area contributed by atoms with Gasteiger partial charge in [-0.25, -0.2) is 0 Å². The Morgan fingerprint density at radius 1 is 0.939 bits per heavy atom. The lowest BCUT2D eigenvalue weighted by atomic mass is 10.0. The van der Waals surface area contributed by atoms with Crippen LogP contribution in [0.4, 0.5) is 0 Å². The number of carbonyl (C=O) groups is 4. The normalized spacial score (nSPS) is 13.6.